The first-order valence-electron chi connectivity index (χ1n) is 6.07. The second kappa shape index (κ2) is 6.29. The molecular formula is C14H16FN3O2. The Labute approximate surface area is 116 Å². The number of aromatic nitrogens is 2. The maximum absolute atomic E-state index is 14.2. The van der Waals surface area contributed by atoms with Gasteiger partial charge in [-0.2, -0.15) is 0 Å². The summed E-state index contributed by atoms with van der Waals surface area (Å²) in [4.78, 5) is 8.33. The van der Waals surface area contributed by atoms with Crippen molar-refractivity contribution in [2.45, 2.75) is 6.04 Å². The first kappa shape index (κ1) is 14.2. The van der Waals surface area contributed by atoms with Crippen LogP contribution in [0.5, 0.6) is 11.6 Å². The van der Waals surface area contributed by atoms with Crippen molar-refractivity contribution in [3.63, 3.8) is 0 Å². The van der Waals surface area contributed by atoms with Gasteiger partial charge in [-0.3, -0.25) is 4.98 Å². The minimum atomic E-state index is -0.519. The first-order chi connectivity index (χ1) is 9.72. The van der Waals surface area contributed by atoms with Gasteiger partial charge in [-0.1, -0.05) is 6.07 Å². The molecule has 1 heterocycles. The Morgan fingerprint density at radius 3 is 2.55 bits per heavy atom. The third kappa shape index (κ3) is 2.55. The lowest BCUT2D eigenvalue weighted by atomic mass is 10.0. The number of nitrogens with one attached hydrogen (secondary N) is 1. The van der Waals surface area contributed by atoms with Crippen LogP contribution in [-0.2, 0) is 0 Å². The van der Waals surface area contributed by atoms with Gasteiger partial charge in [-0.25, -0.2) is 9.37 Å². The van der Waals surface area contributed by atoms with E-state index in [9.17, 15) is 4.39 Å². The molecular weight excluding hydrogens is 261 g/mol. The predicted molar refractivity (Wildman–Crippen MR) is 72.4 cm³/mol. The molecule has 2 rings (SSSR count). The van der Waals surface area contributed by atoms with Crippen molar-refractivity contribution in [3.8, 4) is 11.6 Å². The molecule has 0 bridgehead atoms. The molecule has 0 spiro atoms. The highest BCUT2D eigenvalue weighted by Crippen LogP contribution is 2.33. The summed E-state index contributed by atoms with van der Waals surface area (Å²) in [7, 11) is 4.71. The van der Waals surface area contributed by atoms with E-state index in [2.05, 4.69) is 15.3 Å². The van der Waals surface area contributed by atoms with Crippen LogP contribution in [0.2, 0.25) is 0 Å². The average molecular weight is 277 g/mol. The minimum absolute atomic E-state index is 0.345. The lowest BCUT2D eigenvalue weighted by Crippen LogP contribution is -2.22. The van der Waals surface area contributed by atoms with Crippen molar-refractivity contribution < 1.29 is 13.9 Å². The van der Waals surface area contributed by atoms with E-state index in [4.69, 9.17) is 9.47 Å². The molecule has 0 fully saturated rings. The highest BCUT2D eigenvalue weighted by atomic mass is 19.1. The molecule has 106 valence electrons. The molecule has 5 nitrogen and oxygen atoms in total. The number of rotatable bonds is 5. The third-order valence-electron chi connectivity index (χ3n) is 2.97. The quantitative estimate of drug-likeness (QED) is 0.905. The normalized spacial score (nSPS) is 12.0. The van der Waals surface area contributed by atoms with Crippen LogP contribution in [0.15, 0.2) is 30.6 Å². The van der Waals surface area contributed by atoms with Crippen LogP contribution in [0.4, 0.5) is 4.39 Å². The van der Waals surface area contributed by atoms with E-state index >= 15 is 0 Å². The van der Waals surface area contributed by atoms with Crippen molar-refractivity contribution in [1.29, 1.82) is 0 Å². The number of hydrogen-bond acceptors (Lipinski definition) is 5. The van der Waals surface area contributed by atoms with Gasteiger partial charge in [0, 0.05) is 12.4 Å². The SMILES string of the molecule is CNC(c1nccnc1OC)c1c(F)cccc1OC. The zero-order valence-electron chi connectivity index (χ0n) is 11.6. The summed E-state index contributed by atoms with van der Waals surface area (Å²) in [5.41, 5.74) is 0.872. The van der Waals surface area contributed by atoms with Gasteiger partial charge < -0.3 is 14.8 Å². The van der Waals surface area contributed by atoms with Crippen molar-refractivity contribution in [3.05, 3.63) is 47.7 Å². The third-order valence-corrected chi connectivity index (χ3v) is 2.97. The lowest BCUT2D eigenvalue weighted by Gasteiger charge is -2.20. The Hall–Kier alpha value is -2.21. The Morgan fingerprint density at radius 1 is 1.15 bits per heavy atom. The number of nitrogens with zero attached hydrogens (tertiary/aromatic N) is 2. The summed E-state index contributed by atoms with van der Waals surface area (Å²) in [5.74, 6) is 0.408. The standard InChI is InChI=1S/C14H16FN3O2/c1-16-12(13-14(20-3)18-8-7-17-13)11-9(15)5-4-6-10(11)19-2/h4-8,12,16H,1-3H3. The van der Waals surface area contributed by atoms with Crippen LogP contribution in [0.3, 0.4) is 0 Å². The Balaban J connectivity index is 2.58. The molecule has 1 N–H and O–H groups in total. The molecule has 0 aliphatic carbocycles. The van der Waals surface area contributed by atoms with E-state index in [0.29, 0.717) is 22.9 Å². The summed E-state index contributed by atoms with van der Waals surface area (Å²) in [6.07, 6.45) is 3.06. The van der Waals surface area contributed by atoms with E-state index < -0.39 is 6.04 Å². The molecule has 20 heavy (non-hydrogen) atoms. The van der Waals surface area contributed by atoms with E-state index in [1.807, 2.05) is 0 Å². The van der Waals surface area contributed by atoms with Gasteiger partial charge in [0.15, 0.2) is 0 Å². The number of benzene rings is 1. The van der Waals surface area contributed by atoms with E-state index in [-0.39, 0.29) is 5.82 Å². The molecule has 1 unspecified atom stereocenters. The molecule has 0 aliphatic rings. The second-order valence-corrected chi connectivity index (χ2v) is 4.03. The minimum Gasteiger partial charge on any atom is -0.496 e. The Bertz CT molecular complexity index is 592. The fourth-order valence-electron chi connectivity index (χ4n) is 2.08. The molecule has 2 aromatic rings. The summed E-state index contributed by atoms with van der Waals surface area (Å²) in [5, 5.41) is 3.02. The monoisotopic (exact) mass is 277 g/mol. The van der Waals surface area contributed by atoms with Crippen LogP contribution < -0.4 is 14.8 Å². The fraction of sp³-hybridized carbons (Fsp3) is 0.286. The number of halogens is 1. The van der Waals surface area contributed by atoms with Crippen molar-refractivity contribution in [1.82, 2.24) is 15.3 Å². The van der Waals surface area contributed by atoms with Gasteiger partial charge in [0.25, 0.3) is 0 Å². The van der Waals surface area contributed by atoms with Gasteiger partial charge in [-0.05, 0) is 19.2 Å². The topological polar surface area (TPSA) is 56.3 Å². The van der Waals surface area contributed by atoms with Crippen molar-refractivity contribution >= 4 is 0 Å². The molecule has 1 aromatic heterocycles. The summed E-state index contributed by atoms with van der Waals surface area (Å²) >= 11 is 0. The van der Waals surface area contributed by atoms with Crippen LogP contribution >= 0.6 is 0 Å². The molecule has 0 aliphatic heterocycles. The van der Waals surface area contributed by atoms with E-state index in [1.165, 1.54) is 32.7 Å². The average Bonchev–Trinajstić information content (AvgIpc) is 2.50. The van der Waals surface area contributed by atoms with E-state index in [0.717, 1.165) is 0 Å². The molecule has 0 radical (unpaired) electrons. The maximum atomic E-state index is 14.2. The molecule has 0 saturated heterocycles. The summed E-state index contributed by atoms with van der Waals surface area (Å²) in [6, 6.07) is 4.16. The highest BCUT2D eigenvalue weighted by Gasteiger charge is 2.25. The van der Waals surface area contributed by atoms with Crippen LogP contribution in [0.25, 0.3) is 0 Å². The summed E-state index contributed by atoms with van der Waals surface area (Å²) < 4.78 is 24.6. The maximum Gasteiger partial charge on any atom is 0.237 e. The number of hydrogen-bond donors (Lipinski definition) is 1. The molecule has 0 saturated carbocycles. The Kier molecular flexibility index (Phi) is 4.47. The van der Waals surface area contributed by atoms with E-state index in [1.54, 1.807) is 19.2 Å². The zero-order valence-corrected chi connectivity index (χ0v) is 11.6. The van der Waals surface area contributed by atoms with Crippen molar-refractivity contribution in [2.24, 2.45) is 0 Å². The highest BCUT2D eigenvalue weighted by molar-refractivity contribution is 5.42. The number of ether oxygens (including phenoxy) is 2. The Morgan fingerprint density at radius 2 is 1.90 bits per heavy atom. The smallest absolute Gasteiger partial charge is 0.237 e. The van der Waals surface area contributed by atoms with Gasteiger partial charge in [0.2, 0.25) is 5.88 Å². The van der Waals surface area contributed by atoms with Gasteiger partial charge in [0.05, 0.1) is 25.8 Å². The van der Waals surface area contributed by atoms with Crippen LogP contribution in [-0.4, -0.2) is 31.2 Å². The first-order valence-corrected chi connectivity index (χ1v) is 6.07. The van der Waals surface area contributed by atoms with Crippen LogP contribution in [0.1, 0.15) is 17.3 Å². The number of methoxy groups -OCH3 is 2. The largest absolute Gasteiger partial charge is 0.496 e. The lowest BCUT2D eigenvalue weighted by molar-refractivity contribution is 0.376. The molecule has 1 aromatic carbocycles. The van der Waals surface area contributed by atoms with Gasteiger partial charge >= 0.3 is 0 Å². The predicted octanol–water partition coefficient (Wildman–Crippen LogP) is 1.94. The molecule has 0 amide bonds. The van der Waals surface area contributed by atoms with Crippen LogP contribution in [0, 0.1) is 5.82 Å². The van der Waals surface area contributed by atoms with Crippen molar-refractivity contribution in [2.75, 3.05) is 21.3 Å². The zero-order chi connectivity index (χ0) is 14.5. The molecule has 6 heteroatoms. The second-order valence-electron chi connectivity index (χ2n) is 4.03. The van der Waals surface area contributed by atoms with Gasteiger partial charge in [0.1, 0.15) is 17.3 Å². The fourth-order valence-corrected chi connectivity index (χ4v) is 2.08. The summed E-state index contributed by atoms with van der Waals surface area (Å²) in [6.45, 7) is 0. The molecule has 1 atom stereocenters. The van der Waals surface area contributed by atoms with Gasteiger partial charge in [-0.15, -0.1) is 0 Å².